The smallest absolute Gasteiger partial charge is 0.264 e. The highest BCUT2D eigenvalue weighted by atomic mass is 32.2. The zero-order valence-electron chi connectivity index (χ0n) is 27.4. The molecule has 1 saturated heterocycles. The summed E-state index contributed by atoms with van der Waals surface area (Å²) in [6.45, 7) is 19.7. The summed E-state index contributed by atoms with van der Waals surface area (Å²) in [6, 6.07) is 10.4. The van der Waals surface area contributed by atoms with E-state index in [0.29, 0.717) is 30.3 Å². The van der Waals surface area contributed by atoms with Crippen LogP contribution in [0.3, 0.4) is 0 Å². The number of allylic oxidation sites excluding steroid dienone is 4. The summed E-state index contributed by atoms with van der Waals surface area (Å²) in [5, 5.41) is 1.21. The molecule has 232 valence electrons. The Hall–Kier alpha value is -2.64. The fourth-order valence-corrected chi connectivity index (χ4v) is 6.89. The van der Waals surface area contributed by atoms with Gasteiger partial charge in [-0.25, -0.2) is 4.98 Å². The minimum Gasteiger partial charge on any atom is -0.337 e. The second-order valence-corrected chi connectivity index (χ2v) is 11.6. The van der Waals surface area contributed by atoms with Gasteiger partial charge in [0.1, 0.15) is 0 Å². The van der Waals surface area contributed by atoms with Crippen molar-refractivity contribution in [3.63, 3.8) is 0 Å². The number of benzene rings is 1. The lowest BCUT2D eigenvalue weighted by atomic mass is 9.96. The molecule has 0 aliphatic carbocycles. The maximum absolute atomic E-state index is 14.0. The number of fused-ring (bicyclic) bond motifs is 1. The standard InChI is InChI=1S/C31H42N4O2S.2C2H6/c1-5-12-25(8-4)35-30(37)27-22-34(18-17-28(27)32-31(35)38-26(13-6-2)14-7-3)29(36)24-20-33(21-24)19-23-15-10-9-11-16-23;2*1-2/h5,8-12,15-16,24,26H,6-7,13-14,17-22H2,1-4H3;2*1-2H3/b12-5-,25-8+;;. The van der Waals surface area contributed by atoms with E-state index in [4.69, 9.17) is 4.98 Å². The van der Waals surface area contributed by atoms with E-state index < -0.39 is 0 Å². The molecule has 2 aliphatic heterocycles. The molecule has 1 amide bonds. The Labute approximate surface area is 259 Å². The summed E-state index contributed by atoms with van der Waals surface area (Å²) in [5.41, 5.74) is 3.60. The maximum Gasteiger partial charge on any atom is 0.264 e. The maximum atomic E-state index is 14.0. The van der Waals surface area contributed by atoms with Gasteiger partial charge in [-0.05, 0) is 38.3 Å². The van der Waals surface area contributed by atoms with Crippen molar-refractivity contribution in [1.82, 2.24) is 19.4 Å². The van der Waals surface area contributed by atoms with Gasteiger partial charge in [0.05, 0.1) is 23.7 Å². The molecule has 3 heterocycles. The summed E-state index contributed by atoms with van der Waals surface area (Å²) in [7, 11) is 0. The summed E-state index contributed by atoms with van der Waals surface area (Å²) < 4.78 is 1.78. The van der Waals surface area contributed by atoms with Crippen LogP contribution >= 0.6 is 11.8 Å². The van der Waals surface area contributed by atoms with Gasteiger partial charge in [0.2, 0.25) is 5.91 Å². The van der Waals surface area contributed by atoms with Gasteiger partial charge >= 0.3 is 0 Å². The van der Waals surface area contributed by atoms with Crippen LogP contribution < -0.4 is 5.56 Å². The van der Waals surface area contributed by atoms with E-state index >= 15 is 0 Å². The number of thioether (sulfide) groups is 1. The van der Waals surface area contributed by atoms with Gasteiger partial charge in [-0.3, -0.25) is 19.1 Å². The van der Waals surface area contributed by atoms with E-state index in [1.807, 2.05) is 70.7 Å². The molecule has 6 nitrogen and oxygen atoms in total. The predicted octanol–water partition coefficient (Wildman–Crippen LogP) is 7.81. The Kier molecular flexibility index (Phi) is 15.9. The molecule has 0 atom stereocenters. The van der Waals surface area contributed by atoms with Crippen molar-refractivity contribution in [2.75, 3.05) is 19.6 Å². The van der Waals surface area contributed by atoms with Crippen LogP contribution in [0.5, 0.6) is 0 Å². The van der Waals surface area contributed by atoms with Crippen molar-refractivity contribution >= 4 is 23.4 Å². The topological polar surface area (TPSA) is 58.4 Å². The van der Waals surface area contributed by atoms with Crippen molar-refractivity contribution in [1.29, 1.82) is 0 Å². The summed E-state index contributed by atoms with van der Waals surface area (Å²) in [5.74, 6) is 0.165. The van der Waals surface area contributed by atoms with Crippen LogP contribution in [0.4, 0.5) is 0 Å². The Bertz CT molecular complexity index is 1210. The second kappa shape index (κ2) is 18.8. The van der Waals surface area contributed by atoms with Gasteiger partial charge in [-0.2, -0.15) is 0 Å². The quantitative estimate of drug-likeness (QED) is 0.151. The first-order valence-corrected chi connectivity index (χ1v) is 17.0. The molecule has 1 aromatic heterocycles. The van der Waals surface area contributed by atoms with Gasteiger partial charge in [-0.15, -0.1) is 0 Å². The first-order chi connectivity index (χ1) is 20.5. The summed E-state index contributed by atoms with van der Waals surface area (Å²) >= 11 is 1.74. The highest BCUT2D eigenvalue weighted by Crippen LogP contribution is 2.31. The lowest BCUT2D eigenvalue weighted by Crippen LogP contribution is -2.55. The summed E-state index contributed by atoms with van der Waals surface area (Å²) in [6.07, 6.45) is 10.9. The minimum absolute atomic E-state index is 0.00300. The van der Waals surface area contributed by atoms with Crippen LogP contribution in [0.2, 0.25) is 0 Å². The number of carbonyl (C=O) groups is 1. The largest absolute Gasteiger partial charge is 0.337 e. The third-order valence-electron chi connectivity index (χ3n) is 7.45. The first-order valence-electron chi connectivity index (χ1n) is 16.1. The van der Waals surface area contributed by atoms with Gasteiger partial charge in [0.25, 0.3) is 5.56 Å². The number of aromatic nitrogens is 2. The van der Waals surface area contributed by atoms with Crippen LogP contribution in [0.15, 0.2) is 58.5 Å². The average molecular weight is 595 g/mol. The van der Waals surface area contributed by atoms with E-state index in [1.54, 1.807) is 16.3 Å². The fourth-order valence-electron chi connectivity index (χ4n) is 5.43. The molecule has 0 bridgehead atoms. The van der Waals surface area contributed by atoms with E-state index in [9.17, 15) is 9.59 Å². The zero-order chi connectivity index (χ0) is 31.1. The van der Waals surface area contributed by atoms with Crippen molar-refractivity contribution in [2.24, 2.45) is 5.92 Å². The van der Waals surface area contributed by atoms with Gasteiger partial charge in [0.15, 0.2) is 5.16 Å². The molecule has 2 aromatic rings. The number of hydrogen-bond acceptors (Lipinski definition) is 5. The second-order valence-electron chi connectivity index (χ2n) is 10.4. The van der Waals surface area contributed by atoms with Gasteiger partial charge in [-0.1, -0.05) is 109 Å². The van der Waals surface area contributed by atoms with Crippen LogP contribution in [0.25, 0.3) is 5.70 Å². The molecule has 7 heteroatoms. The molecule has 0 unspecified atom stereocenters. The molecule has 1 fully saturated rings. The van der Waals surface area contributed by atoms with Crippen molar-refractivity contribution < 1.29 is 4.79 Å². The SMILES string of the molecule is C/C=C\C(=C/C)n1c(SC(CCC)CCC)nc2c(c1=O)CN(C(=O)C1CN(Cc3ccccc3)C1)CC2.CC.CC. The highest BCUT2D eigenvalue weighted by molar-refractivity contribution is 7.99. The first kappa shape index (κ1) is 35.6. The van der Waals surface area contributed by atoms with E-state index in [-0.39, 0.29) is 17.4 Å². The molecule has 0 radical (unpaired) electrons. The van der Waals surface area contributed by atoms with Crippen molar-refractivity contribution in [3.05, 3.63) is 75.7 Å². The number of carbonyl (C=O) groups excluding carboxylic acids is 1. The summed E-state index contributed by atoms with van der Waals surface area (Å²) in [4.78, 5) is 36.6. The Balaban J connectivity index is 0.00000148. The molecular formula is C35H54N4O2S. The lowest BCUT2D eigenvalue weighted by Gasteiger charge is -2.41. The Morgan fingerprint density at radius 2 is 1.69 bits per heavy atom. The van der Waals surface area contributed by atoms with Gasteiger partial charge in [0, 0.05) is 43.5 Å². The molecule has 4 rings (SSSR count). The average Bonchev–Trinajstić information content (AvgIpc) is 3.00. The number of amides is 1. The molecular weight excluding hydrogens is 540 g/mol. The lowest BCUT2D eigenvalue weighted by molar-refractivity contribution is -0.142. The third-order valence-corrected chi connectivity index (χ3v) is 8.74. The van der Waals surface area contributed by atoms with E-state index in [0.717, 1.165) is 61.9 Å². The molecule has 42 heavy (non-hydrogen) atoms. The Morgan fingerprint density at radius 3 is 2.26 bits per heavy atom. The van der Waals surface area contributed by atoms with Crippen LogP contribution in [0, 0.1) is 5.92 Å². The zero-order valence-corrected chi connectivity index (χ0v) is 28.2. The van der Waals surface area contributed by atoms with Crippen LogP contribution in [0.1, 0.15) is 97.9 Å². The molecule has 0 spiro atoms. The molecule has 0 saturated carbocycles. The van der Waals surface area contributed by atoms with Crippen molar-refractivity contribution in [2.45, 2.75) is 111 Å². The molecule has 2 aliphatic rings. The Morgan fingerprint density at radius 1 is 1.05 bits per heavy atom. The number of nitrogens with zero attached hydrogens (tertiary/aromatic N) is 4. The third kappa shape index (κ3) is 9.18. The number of likely N-dealkylation sites (tertiary alicyclic amines) is 1. The van der Waals surface area contributed by atoms with Crippen LogP contribution in [-0.4, -0.2) is 50.1 Å². The van der Waals surface area contributed by atoms with Crippen molar-refractivity contribution in [3.8, 4) is 0 Å². The minimum atomic E-state index is -0.0349. The monoisotopic (exact) mass is 594 g/mol. The van der Waals surface area contributed by atoms with Crippen LogP contribution in [-0.2, 0) is 24.3 Å². The highest BCUT2D eigenvalue weighted by Gasteiger charge is 2.37. The fraction of sp³-hybridized carbons (Fsp3) is 0.571. The number of hydrogen-bond donors (Lipinski definition) is 0. The normalized spacial score (nSPS) is 15.5. The number of rotatable bonds is 11. The van der Waals surface area contributed by atoms with Gasteiger partial charge < -0.3 is 4.90 Å². The van der Waals surface area contributed by atoms with E-state index in [2.05, 4.69) is 43.0 Å². The predicted molar refractivity (Wildman–Crippen MR) is 180 cm³/mol. The molecule has 0 N–H and O–H groups in total. The molecule has 1 aromatic carbocycles. The van der Waals surface area contributed by atoms with E-state index in [1.165, 1.54) is 5.56 Å².